The number of nitrogens with zero attached hydrogens (tertiary/aromatic N) is 3. The van der Waals surface area contributed by atoms with Crippen molar-refractivity contribution in [1.29, 1.82) is 0 Å². The van der Waals surface area contributed by atoms with Crippen LogP contribution in [-0.4, -0.2) is 82.0 Å². The summed E-state index contributed by atoms with van der Waals surface area (Å²) < 4.78 is 5.66. The van der Waals surface area contributed by atoms with E-state index in [0.29, 0.717) is 12.6 Å². The molecule has 0 amide bonds. The lowest BCUT2D eigenvalue weighted by Gasteiger charge is -2.51. The van der Waals surface area contributed by atoms with Gasteiger partial charge < -0.3 is 10.1 Å². The van der Waals surface area contributed by atoms with Crippen LogP contribution < -0.4 is 10.6 Å². The van der Waals surface area contributed by atoms with Crippen molar-refractivity contribution < 1.29 is 4.74 Å². The minimum Gasteiger partial charge on any atom is -0.377 e. The summed E-state index contributed by atoms with van der Waals surface area (Å²) in [5, 5.41) is 8.31. The summed E-state index contributed by atoms with van der Waals surface area (Å²) in [6, 6.07) is 0.400. The van der Waals surface area contributed by atoms with E-state index in [4.69, 9.17) is 10.1 Å². The highest BCUT2D eigenvalue weighted by atomic mass is 16.5. The quantitative estimate of drug-likeness (QED) is 0.642. The second kappa shape index (κ2) is 4.98. The molecule has 0 aliphatic carbocycles. The van der Waals surface area contributed by atoms with Crippen LogP contribution in [0.5, 0.6) is 0 Å². The SMILES string of the molecule is CN1CCNCC1C1(N(C)C)COCC[N]1. The van der Waals surface area contributed by atoms with Gasteiger partial charge in [-0.25, -0.2) is 5.32 Å². The van der Waals surface area contributed by atoms with Gasteiger partial charge in [0.05, 0.1) is 19.3 Å². The van der Waals surface area contributed by atoms with Gasteiger partial charge in [0.1, 0.15) is 5.66 Å². The Morgan fingerprint density at radius 3 is 2.88 bits per heavy atom. The number of nitrogens with one attached hydrogen (secondary N) is 1. The molecule has 0 saturated carbocycles. The summed E-state index contributed by atoms with van der Waals surface area (Å²) in [5.41, 5.74) is -0.180. The molecule has 0 aromatic rings. The summed E-state index contributed by atoms with van der Waals surface area (Å²) >= 11 is 0. The summed E-state index contributed by atoms with van der Waals surface area (Å²) in [4.78, 5) is 4.61. The Kier molecular flexibility index (Phi) is 3.81. The van der Waals surface area contributed by atoms with Crippen molar-refractivity contribution in [2.45, 2.75) is 11.7 Å². The van der Waals surface area contributed by atoms with Crippen LogP contribution in [0.2, 0.25) is 0 Å². The fourth-order valence-corrected chi connectivity index (χ4v) is 2.66. The van der Waals surface area contributed by atoms with E-state index >= 15 is 0 Å². The normalized spacial score (nSPS) is 37.9. The molecule has 2 saturated heterocycles. The fraction of sp³-hybridized carbons (Fsp3) is 1.00. The lowest BCUT2D eigenvalue weighted by Crippen LogP contribution is -2.73. The number of morpholine rings is 1. The second-order valence-electron chi connectivity index (χ2n) is 4.91. The molecule has 0 aromatic carbocycles. The Labute approximate surface area is 98.1 Å². The molecular formula is C11H23N4O. The molecule has 16 heavy (non-hydrogen) atoms. The zero-order chi connectivity index (χ0) is 11.6. The Hall–Kier alpha value is -0.200. The molecule has 0 spiro atoms. The number of ether oxygens (including phenoxy) is 1. The molecule has 2 unspecified atom stereocenters. The first-order chi connectivity index (χ1) is 7.67. The summed E-state index contributed by atoms with van der Waals surface area (Å²) in [5.74, 6) is 0. The van der Waals surface area contributed by atoms with Crippen LogP contribution in [0.3, 0.4) is 0 Å². The average Bonchev–Trinajstić information content (AvgIpc) is 2.30. The Bertz CT molecular complexity index is 228. The molecule has 1 N–H and O–H groups in total. The maximum absolute atomic E-state index is 5.66. The zero-order valence-electron chi connectivity index (χ0n) is 10.6. The third-order valence-electron chi connectivity index (χ3n) is 3.75. The van der Waals surface area contributed by atoms with Gasteiger partial charge in [0.15, 0.2) is 0 Å². The van der Waals surface area contributed by atoms with Crippen molar-refractivity contribution in [3.05, 3.63) is 0 Å². The smallest absolute Gasteiger partial charge is 0.127 e. The van der Waals surface area contributed by atoms with E-state index in [0.717, 1.165) is 32.8 Å². The van der Waals surface area contributed by atoms with E-state index in [-0.39, 0.29) is 5.66 Å². The first-order valence-electron chi connectivity index (χ1n) is 6.01. The van der Waals surface area contributed by atoms with E-state index in [2.05, 4.69) is 36.3 Å². The van der Waals surface area contributed by atoms with Gasteiger partial charge >= 0.3 is 0 Å². The fourth-order valence-electron chi connectivity index (χ4n) is 2.66. The minimum atomic E-state index is -0.180. The van der Waals surface area contributed by atoms with E-state index in [1.165, 1.54) is 0 Å². The number of rotatable bonds is 2. The second-order valence-corrected chi connectivity index (χ2v) is 4.91. The van der Waals surface area contributed by atoms with Gasteiger partial charge in [-0.05, 0) is 21.1 Å². The van der Waals surface area contributed by atoms with Crippen LogP contribution in [0.1, 0.15) is 0 Å². The third-order valence-corrected chi connectivity index (χ3v) is 3.75. The van der Waals surface area contributed by atoms with Crippen LogP contribution in [0.25, 0.3) is 0 Å². The highest BCUT2D eigenvalue weighted by molar-refractivity contribution is 5.01. The molecule has 5 nitrogen and oxygen atoms in total. The monoisotopic (exact) mass is 227 g/mol. The molecule has 0 bridgehead atoms. The van der Waals surface area contributed by atoms with Gasteiger partial charge in [0.25, 0.3) is 0 Å². The van der Waals surface area contributed by atoms with Gasteiger partial charge in [0.2, 0.25) is 0 Å². The zero-order valence-corrected chi connectivity index (χ0v) is 10.6. The van der Waals surface area contributed by atoms with Crippen molar-refractivity contribution in [2.75, 3.05) is 60.5 Å². The average molecular weight is 227 g/mol. The standard InChI is InChI=1S/C11H23N4O/c1-14(2)11(9-16-7-5-13-11)10-8-12-4-6-15(10)3/h10,12H,4-9H2,1-3H3. The van der Waals surface area contributed by atoms with E-state index in [9.17, 15) is 0 Å². The maximum Gasteiger partial charge on any atom is 0.127 e. The lowest BCUT2D eigenvalue weighted by atomic mass is 9.95. The molecule has 0 aromatic heterocycles. The predicted octanol–water partition coefficient (Wildman–Crippen LogP) is -1.22. The summed E-state index contributed by atoms with van der Waals surface area (Å²) in [7, 11) is 6.38. The van der Waals surface area contributed by atoms with Gasteiger partial charge in [-0.3, -0.25) is 9.80 Å². The molecule has 5 heteroatoms. The van der Waals surface area contributed by atoms with Crippen molar-refractivity contribution in [1.82, 2.24) is 20.4 Å². The summed E-state index contributed by atoms with van der Waals surface area (Å²) in [6.07, 6.45) is 0. The predicted molar refractivity (Wildman–Crippen MR) is 63.5 cm³/mol. The molecule has 1 radical (unpaired) electrons. The van der Waals surface area contributed by atoms with Gasteiger partial charge in [0, 0.05) is 26.2 Å². The lowest BCUT2D eigenvalue weighted by molar-refractivity contribution is -0.0932. The van der Waals surface area contributed by atoms with Crippen molar-refractivity contribution >= 4 is 0 Å². The first-order valence-corrected chi connectivity index (χ1v) is 6.01. The van der Waals surface area contributed by atoms with Crippen LogP contribution in [-0.2, 0) is 4.74 Å². The van der Waals surface area contributed by atoms with Crippen molar-refractivity contribution in [3.63, 3.8) is 0 Å². The minimum absolute atomic E-state index is 0.180. The molecule has 93 valence electrons. The van der Waals surface area contributed by atoms with Crippen molar-refractivity contribution in [3.8, 4) is 0 Å². The number of hydrogen-bond donors (Lipinski definition) is 1. The number of likely N-dealkylation sites (N-methyl/N-ethyl adjacent to an activating group) is 2. The maximum atomic E-state index is 5.66. The van der Waals surface area contributed by atoms with Gasteiger partial charge in [-0.15, -0.1) is 0 Å². The highest BCUT2D eigenvalue weighted by Crippen LogP contribution is 2.23. The Balaban J connectivity index is 2.16. The summed E-state index contributed by atoms with van der Waals surface area (Å²) in [6.45, 7) is 5.41. The molecular weight excluding hydrogens is 204 g/mol. The van der Waals surface area contributed by atoms with Crippen LogP contribution in [0.15, 0.2) is 0 Å². The Morgan fingerprint density at radius 1 is 1.50 bits per heavy atom. The van der Waals surface area contributed by atoms with Crippen LogP contribution in [0, 0.1) is 0 Å². The van der Waals surface area contributed by atoms with Crippen LogP contribution in [0.4, 0.5) is 0 Å². The molecule has 2 atom stereocenters. The first kappa shape index (κ1) is 12.3. The van der Waals surface area contributed by atoms with Gasteiger partial charge in [-0.2, -0.15) is 0 Å². The van der Waals surface area contributed by atoms with Crippen molar-refractivity contribution in [2.24, 2.45) is 0 Å². The highest BCUT2D eigenvalue weighted by Gasteiger charge is 2.46. The topological polar surface area (TPSA) is 41.8 Å². The van der Waals surface area contributed by atoms with E-state index in [1.54, 1.807) is 0 Å². The molecule has 2 fully saturated rings. The number of piperazine rings is 1. The molecule has 2 aliphatic rings. The van der Waals surface area contributed by atoms with Gasteiger partial charge in [-0.1, -0.05) is 0 Å². The largest absolute Gasteiger partial charge is 0.377 e. The van der Waals surface area contributed by atoms with E-state index in [1.807, 2.05) is 0 Å². The number of hydrogen-bond acceptors (Lipinski definition) is 4. The van der Waals surface area contributed by atoms with E-state index < -0.39 is 0 Å². The Morgan fingerprint density at radius 2 is 2.31 bits per heavy atom. The van der Waals surface area contributed by atoms with Crippen LogP contribution >= 0.6 is 0 Å². The molecule has 2 rings (SSSR count). The molecule has 2 heterocycles. The molecule has 2 aliphatic heterocycles. The third kappa shape index (κ3) is 2.10.